The number of guanidine groups is 1. The Balaban J connectivity index is 2.38. The maximum absolute atomic E-state index is 13.8. The zero-order valence-electron chi connectivity index (χ0n) is 9.55. The van der Waals surface area contributed by atoms with Crippen LogP contribution in [0.5, 0.6) is 0 Å². The lowest BCUT2D eigenvalue weighted by Gasteiger charge is -2.40. The number of halogens is 2. The largest absolute Gasteiger partial charge is 0.331 e. The van der Waals surface area contributed by atoms with E-state index in [0.29, 0.717) is 5.56 Å². The molecule has 2 N–H and O–H groups in total. The van der Waals surface area contributed by atoms with Crippen molar-refractivity contribution >= 4 is 21.9 Å². The number of benzene rings is 1. The second kappa shape index (κ2) is 4.27. The van der Waals surface area contributed by atoms with E-state index in [9.17, 15) is 4.39 Å². The molecule has 1 aliphatic heterocycles. The fourth-order valence-electron chi connectivity index (χ4n) is 1.66. The molecule has 0 spiro atoms. The van der Waals surface area contributed by atoms with Gasteiger partial charge in [0.1, 0.15) is 12.5 Å². The molecule has 1 atom stereocenters. The van der Waals surface area contributed by atoms with Crippen LogP contribution < -0.4 is 5.32 Å². The molecule has 1 aromatic rings. The molecule has 1 aromatic carbocycles. The van der Waals surface area contributed by atoms with Crippen molar-refractivity contribution in [2.75, 3.05) is 13.8 Å². The van der Waals surface area contributed by atoms with Crippen LogP contribution in [0.2, 0.25) is 0 Å². The van der Waals surface area contributed by atoms with Gasteiger partial charge in [-0.05, 0) is 25.1 Å². The lowest BCUT2D eigenvalue weighted by molar-refractivity contribution is -0.104. The van der Waals surface area contributed by atoms with Crippen LogP contribution in [0.15, 0.2) is 22.7 Å². The standard InChI is InChI=1S/C11H13BrFN3O/c1-11(15-10(14)16(2)6-17-11)8-5-7(12)3-4-9(8)13/h3-5H,6H2,1-2H3,(H2,14,15). The van der Waals surface area contributed by atoms with E-state index in [1.54, 1.807) is 31.0 Å². The second-order valence-electron chi connectivity index (χ2n) is 4.10. The summed E-state index contributed by atoms with van der Waals surface area (Å²) in [5.74, 6) is -0.154. The molecule has 0 aromatic heterocycles. The van der Waals surface area contributed by atoms with E-state index in [2.05, 4.69) is 21.2 Å². The predicted molar refractivity (Wildman–Crippen MR) is 66.0 cm³/mol. The van der Waals surface area contributed by atoms with Crippen molar-refractivity contribution in [1.29, 1.82) is 5.41 Å². The van der Waals surface area contributed by atoms with Crippen LogP contribution in [0.25, 0.3) is 0 Å². The number of nitrogens with zero attached hydrogens (tertiary/aromatic N) is 1. The van der Waals surface area contributed by atoms with E-state index in [-0.39, 0.29) is 18.5 Å². The van der Waals surface area contributed by atoms with Gasteiger partial charge in [0.15, 0.2) is 11.7 Å². The van der Waals surface area contributed by atoms with Crippen molar-refractivity contribution in [2.45, 2.75) is 12.6 Å². The highest BCUT2D eigenvalue weighted by atomic mass is 79.9. The molecule has 0 aliphatic carbocycles. The Morgan fingerprint density at radius 3 is 2.94 bits per heavy atom. The second-order valence-corrected chi connectivity index (χ2v) is 5.02. The van der Waals surface area contributed by atoms with Gasteiger partial charge in [-0.2, -0.15) is 0 Å². The van der Waals surface area contributed by atoms with E-state index in [4.69, 9.17) is 10.1 Å². The van der Waals surface area contributed by atoms with Crippen molar-refractivity contribution in [3.8, 4) is 0 Å². The van der Waals surface area contributed by atoms with Gasteiger partial charge < -0.3 is 15.0 Å². The first-order chi connectivity index (χ1) is 7.92. The summed E-state index contributed by atoms with van der Waals surface area (Å²) < 4.78 is 20.2. The third kappa shape index (κ3) is 2.28. The van der Waals surface area contributed by atoms with Crippen molar-refractivity contribution in [1.82, 2.24) is 10.2 Å². The highest BCUT2D eigenvalue weighted by molar-refractivity contribution is 9.10. The molecular weight excluding hydrogens is 289 g/mol. The number of rotatable bonds is 1. The molecule has 1 unspecified atom stereocenters. The van der Waals surface area contributed by atoms with Crippen LogP contribution in [0, 0.1) is 11.2 Å². The van der Waals surface area contributed by atoms with Gasteiger partial charge in [-0.1, -0.05) is 15.9 Å². The number of hydrogen-bond donors (Lipinski definition) is 2. The van der Waals surface area contributed by atoms with Crippen LogP contribution >= 0.6 is 15.9 Å². The normalized spacial score (nSPS) is 24.7. The molecule has 0 saturated carbocycles. The third-order valence-corrected chi connectivity index (χ3v) is 3.22. The fraction of sp³-hybridized carbons (Fsp3) is 0.364. The molecule has 17 heavy (non-hydrogen) atoms. The minimum absolute atomic E-state index is 0.207. The summed E-state index contributed by atoms with van der Waals surface area (Å²) >= 11 is 3.30. The van der Waals surface area contributed by atoms with E-state index in [1.165, 1.54) is 6.07 Å². The number of hydrogen-bond acceptors (Lipinski definition) is 2. The Labute approximate surface area is 107 Å². The van der Waals surface area contributed by atoms with Crippen molar-refractivity contribution < 1.29 is 9.13 Å². The molecule has 92 valence electrons. The van der Waals surface area contributed by atoms with Crippen molar-refractivity contribution in [3.05, 3.63) is 34.1 Å². The van der Waals surface area contributed by atoms with Crippen molar-refractivity contribution in [3.63, 3.8) is 0 Å². The van der Waals surface area contributed by atoms with E-state index in [0.717, 1.165) is 4.47 Å². The lowest BCUT2D eigenvalue weighted by atomic mass is 10.0. The summed E-state index contributed by atoms with van der Waals surface area (Å²) in [6.45, 7) is 1.95. The lowest BCUT2D eigenvalue weighted by Crippen LogP contribution is -2.57. The van der Waals surface area contributed by atoms with Crippen LogP contribution in [-0.2, 0) is 10.5 Å². The van der Waals surface area contributed by atoms with Crippen LogP contribution in [0.1, 0.15) is 12.5 Å². The smallest absolute Gasteiger partial charge is 0.195 e. The maximum atomic E-state index is 13.8. The monoisotopic (exact) mass is 301 g/mol. The molecule has 0 bridgehead atoms. The van der Waals surface area contributed by atoms with E-state index in [1.807, 2.05) is 0 Å². The van der Waals surface area contributed by atoms with E-state index < -0.39 is 5.72 Å². The fourth-order valence-corrected chi connectivity index (χ4v) is 2.02. The van der Waals surface area contributed by atoms with Gasteiger partial charge >= 0.3 is 0 Å². The maximum Gasteiger partial charge on any atom is 0.195 e. The summed E-state index contributed by atoms with van der Waals surface area (Å²) in [6.07, 6.45) is 0. The predicted octanol–water partition coefficient (Wildman–Crippen LogP) is 2.20. The van der Waals surface area contributed by atoms with Crippen LogP contribution in [-0.4, -0.2) is 24.6 Å². The van der Waals surface area contributed by atoms with Crippen molar-refractivity contribution in [2.24, 2.45) is 0 Å². The van der Waals surface area contributed by atoms with Crippen LogP contribution in [0.4, 0.5) is 4.39 Å². The summed E-state index contributed by atoms with van der Waals surface area (Å²) in [4.78, 5) is 1.59. The zero-order chi connectivity index (χ0) is 12.6. The summed E-state index contributed by atoms with van der Waals surface area (Å²) in [6, 6.07) is 4.65. The van der Waals surface area contributed by atoms with Gasteiger partial charge in [0.2, 0.25) is 0 Å². The molecular formula is C11H13BrFN3O. The summed E-state index contributed by atoms with van der Waals surface area (Å²) in [5.41, 5.74) is -0.637. The first kappa shape index (κ1) is 12.3. The summed E-state index contributed by atoms with van der Waals surface area (Å²) in [5, 5.41) is 10.6. The minimum Gasteiger partial charge on any atom is -0.331 e. The zero-order valence-corrected chi connectivity index (χ0v) is 11.1. The van der Waals surface area contributed by atoms with Gasteiger partial charge in [0, 0.05) is 17.1 Å². The average Bonchev–Trinajstić information content (AvgIpc) is 2.27. The van der Waals surface area contributed by atoms with Gasteiger partial charge in [-0.15, -0.1) is 0 Å². The minimum atomic E-state index is -1.02. The van der Waals surface area contributed by atoms with Gasteiger partial charge in [-0.3, -0.25) is 5.41 Å². The molecule has 6 heteroatoms. The third-order valence-electron chi connectivity index (χ3n) is 2.73. The Bertz CT molecular complexity index is 468. The van der Waals surface area contributed by atoms with Crippen LogP contribution in [0.3, 0.4) is 0 Å². The number of nitrogens with one attached hydrogen (secondary N) is 2. The molecule has 0 radical (unpaired) electrons. The molecule has 1 saturated heterocycles. The molecule has 1 fully saturated rings. The van der Waals surface area contributed by atoms with Gasteiger partial charge in [0.25, 0.3) is 0 Å². The SMILES string of the molecule is CN1COC(C)(c2cc(Br)ccc2F)NC1=N. The molecule has 1 aliphatic rings. The first-order valence-corrected chi connectivity index (χ1v) is 5.89. The Kier molecular flexibility index (Phi) is 3.09. The topological polar surface area (TPSA) is 48.4 Å². The Hall–Kier alpha value is -1.14. The van der Waals surface area contributed by atoms with Gasteiger partial charge in [0.05, 0.1) is 0 Å². The molecule has 2 rings (SSSR count). The molecule has 1 heterocycles. The highest BCUT2D eigenvalue weighted by Gasteiger charge is 2.36. The molecule has 4 nitrogen and oxygen atoms in total. The summed E-state index contributed by atoms with van der Waals surface area (Å²) in [7, 11) is 1.73. The molecule has 0 amide bonds. The van der Waals surface area contributed by atoms with Gasteiger partial charge in [-0.25, -0.2) is 4.39 Å². The number of ether oxygens (including phenoxy) is 1. The Morgan fingerprint density at radius 2 is 2.29 bits per heavy atom. The Morgan fingerprint density at radius 1 is 1.59 bits per heavy atom. The average molecular weight is 302 g/mol. The van der Waals surface area contributed by atoms with E-state index >= 15 is 0 Å². The quantitative estimate of drug-likeness (QED) is 0.836. The highest BCUT2D eigenvalue weighted by Crippen LogP contribution is 2.29. The first-order valence-electron chi connectivity index (χ1n) is 5.10.